The molecular weight excluding hydrogens is 217 g/mol. The third-order valence-electron chi connectivity index (χ3n) is 2.38. The molecule has 0 unspecified atom stereocenters. The maximum Gasteiger partial charge on any atom is 0.125 e. The lowest BCUT2D eigenvalue weighted by molar-refractivity contribution is 0.624. The van der Waals surface area contributed by atoms with E-state index in [2.05, 4.69) is 15.3 Å². The van der Waals surface area contributed by atoms with Crippen molar-refractivity contribution in [2.45, 2.75) is 20.0 Å². The van der Waals surface area contributed by atoms with Crippen LogP contribution in [0.4, 0.5) is 4.39 Å². The third-order valence-corrected chi connectivity index (χ3v) is 2.38. The molecular formula is C13H14FN3. The third kappa shape index (κ3) is 3.60. The highest BCUT2D eigenvalue weighted by Gasteiger charge is 1.97. The van der Waals surface area contributed by atoms with Gasteiger partial charge in [0.25, 0.3) is 0 Å². The van der Waals surface area contributed by atoms with Gasteiger partial charge in [0.15, 0.2) is 0 Å². The van der Waals surface area contributed by atoms with Crippen molar-refractivity contribution >= 4 is 0 Å². The second kappa shape index (κ2) is 5.50. The molecule has 17 heavy (non-hydrogen) atoms. The number of aromatic nitrogens is 2. The van der Waals surface area contributed by atoms with Gasteiger partial charge in [0.1, 0.15) is 11.6 Å². The summed E-state index contributed by atoms with van der Waals surface area (Å²) in [5, 5.41) is 3.25. The minimum Gasteiger partial charge on any atom is -0.307 e. The molecule has 2 aromatic rings. The van der Waals surface area contributed by atoms with Crippen molar-refractivity contribution in [1.82, 2.24) is 15.3 Å². The zero-order chi connectivity index (χ0) is 12.1. The predicted molar refractivity (Wildman–Crippen MR) is 63.7 cm³/mol. The van der Waals surface area contributed by atoms with Crippen LogP contribution in [-0.4, -0.2) is 9.97 Å². The van der Waals surface area contributed by atoms with Gasteiger partial charge in [0.05, 0.1) is 5.69 Å². The molecule has 0 saturated carbocycles. The van der Waals surface area contributed by atoms with E-state index in [-0.39, 0.29) is 5.82 Å². The minimum absolute atomic E-state index is 0.208. The van der Waals surface area contributed by atoms with E-state index in [1.807, 2.05) is 13.0 Å². The van der Waals surface area contributed by atoms with Crippen LogP contribution in [0.5, 0.6) is 0 Å². The van der Waals surface area contributed by atoms with Crippen molar-refractivity contribution in [3.8, 4) is 0 Å². The average Bonchev–Trinajstić information content (AvgIpc) is 2.32. The molecule has 0 aliphatic rings. The largest absolute Gasteiger partial charge is 0.307 e. The van der Waals surface area contributed by atoms with Gasteiger partial charge in [-0.15, -0.1) is 0 Å². The zero-order valence-electron chi connectivity index (χ0n) is 9.65. The topological polar surface area (TPSA) is 37.8 Å². The second-order valence-corrected chi connectivity index (χ2v) is 3.83. The van der Waals surface area contributed by atoms with Crippen LogP contribution in [0, 0.1) is 12.7 Å². The molecule has 0 radical (unpaired) electrons. The Morgan fingerprint density at radius 2 is 1.88 bits per heavy atom. The van der Waals surface area contributed by atoms with Crippen LogP contribution in [-0.2, 0) is 13.1 Å². The van der Waals surface area contributed by atoms with E-state index in [1.165, 1.54) is 12.1 Å². The quantitative estimate of drug-likeness (QED) is 0.876. The number of aryl methyl sites for hydroxylation is 1. The number of nitrogens with one attached hydrogen (secondary N) is 1. The molecule has 0 saturated heterocycles. The Morgan fingerprint density at radius 3 is 2.59 bits per heavy atom. The summed E-state index contributed by atoms with van der Waals surface area (Å²) in [5.41, 5.74) is 2.01. The van der Waals surface area contributed by atoms with Crippen molar-refractivity contribution in [3.05, 3.63) is 59.4 Å². The van der Waals surface area contributed by atoms with E-state index in [0.717, 1.165) is 17.1 Å². The molecule has 88 valence electrons. The van der Waals surface area contributed by atoms with Crippen LogP contribution in [0.15, 0.2) is 36.5 Å². The van der Waals surface area contributed by atoms with E-state index in [9.17, 15) is 4.39 Å². The summed E-state index contributed by atoms with van der Waals surface area (Å²) in [4.78, 5) is 8.32. The molecule has 0 bridgehead atoms. The maximum absolute atomic E-state index is 12.7. The van der Waals surface area contributed by atoms with Crippen molar-refractivity contribution in [2.75, 3.05) is 0 Å². The molecule has 0 aliphatic carbocycles. The van der Waals surface area contributed by atoms with Crippen molar-refractivity contribution in [2.24, 2.45) is 0 Å². The highest BCUT2D eigenvalue weighted by Crippen LogP contribution is 2.02. The average molecular weight is 231 g/mol. The smallest absolute Gasteiger partial charge is 0.125 e. The molecule has 0 fully saturated rings. The number of nitrogens with zero attached hydrogens (tertiary/aromatic N) is 2. The summed E-state index contributed by atoms with van der Waals surface area (Å²) < 4.78 is 12.7. The fourth-order valence-electron chi connectivity index (χ4n) is 1.54. The van der Waals surface area contributed by atoms with E-state index < -0.39 is 0 Å². The number of halogens is 1. The van der Waals surface area contributed by atoms with Gasteiger partial charge in [-0.2, -0.15) is 0 Å². The normalized spacial score (nSPS) is 10.5. The van der Waals surface area contributed by atoms with Crippen LogP contribution >= 0.6 is 0 Å². The molecule has 2 rings (SSSR count). The van der Waals surface area contributed by atoms with Gasteiger partial charge in [-0.05, 0) is 30.7 Å². The molecule has 0 spiro atoms. The van der Waals surface area contributed by atoms with E-state index in [4.69, 9.17) is 0 Å². The van der Waals surface area contributed by atoms with Crippen LogP contribution in [0.3, 0.4) is 0 Å². The summed E-state index contributed by atoms with van der Waals surface area (Å²) in [6.07, 6.45) is 1.75. The van der Waals surface area contributed by atoms with E-state index >= 15 is 0 Å². The number of benzene rings is 1. The summed E-state index contributed by atoms with van der Waals surface area (Å²) in [6, 6.07) is 8.35. The molecule has 0 atom stereocenters. The van der Waals surface area contributed by atoms with Gasteiger partial charge in [-0.1, -0.05) is 12.1 Å². The highest BCUT2D eigenvalue weighted by atomic mass is 19.1. The summed E-state index contributed by atoms with van der Waals surface area (Å²) in [6.45, 7) is 3.24. The van der Waals surface area contributed by atoms with Gasteiger partial charge >= 0.3 is 0 Å². The van der Waals surface area contributed by atoms with Gasteiger partial charge < -0.3 is 5.32 Å². The standard InChI is InChI=1S/C13H14FN3/c1-10-16-7-6-13(17-10)9-15-8-11-2-4-12(14)5-3-11/h2-7,15H,8-9H2,1H3. The monoisotopic (exact) mass is 231 g/mol. The van der Waals surface area contributed by atoms with Crippen LogP contribution in [0.1, 0.15) is 17.1 Å². The lowest BCUT2D eigenvalue weighted by atomic mass is 10.2. The molecule has 3 nitrogen and oxygen atoms in total. The van der Waals surface area contributed by atoms with E-state index in [0.29, 0.717) is 13.1 Å². The minimum atomic E-state index is -0.208. The Morgan fingerprint density at radius 1 is 1.12 bits per heavy atom. The van der Waals surface area contributed by atoms with Crippen molar-refractivity contribution < 1.29 is 4.39 Å². The van der Waals surface area contributed by atoms with Gasteiger partial charge in [-0.25, -0.2) is 14.4 Å². The summed E-state index contributed by atoms with van der Waals surface area (Å²) in [5.74, 6) is 0.561. The molecule has 1 aromatic heterocycles. The molecule has 1 aromatic carbocycles. The number of hydrogen-bond donors (Lipinski definition) is 1. The first kappa shape index (κ1) is 11.7. The number of rotatable bonds is 4. The summed E-state index contributed by atoms with van der Waals surface area (Å²) >= 11 is 0. The zero-order valence-corrected chi connectivity index (χ0v) is 9.65. The molecule has 1 N–H and O–H groups in total. The summed E-state index contributed by atoms with van der Waals surface area (Å²) in [7, 11) is 0. The molecule has 0 amide bonds. The lowest BCUT2D eigenvalue weighted by Gasteiger charge is -2.04. The Hall–Kier alpha value is -1.81. The predicted octanol–water partition coefficient (Wildman–Crippen LogP) is 2.21. The van der Waals surface area contributed by atoms with Crippen LogP contribution in [0.25, 0.3) is 0 Å². The van der Waals surface area contributed by atoms with Crippen LogP contribution in [0.2, 0.25) is 0 Å². The SMILES string of the molecule is Cc1nccc(CNCc2ccc(F)cc2)n1. The Kier molecular flexibility index (Phi) is 3.77. The first-order chi connectivity index (χ1) is 8.24. The molecule has 4 heteroatoms. The molecule has 0 aliphatic heterocycles. The van der Waals surface area contributed by atoms with Crippen molar-refractivity contribution in [3.63, 3.8) is 0 Å². The number of hydrogen-bond acceptors (Lipinski definition) is 3. The Balaban J connectivity index is 1.85. The first-order valence-electron chi connectivity index (χ1n) is 5.48. The van der Waals surface area contributed by atoms with Gasteiger partial charge in [0, 0.05) is 19.3 Å². The first-order valence-corrected chi connectivity index (χ1v) is 5.48. The van der Waals surface area contributed by atoms with Gasteiger partial charge in [0.2, 0.25) is 0 Å². The fraction of sp³-hybridized carbons (Fsp3) is 0.231. The lowest BCUT2D eigenvalue weighted by Crippen LogP contribution is -2.14. The Bertz CT molecular complexity index is 482. The van der Waals surface area contributed by atoms with Crippen LogP contribution < -0.4 is 5.32 Å². The second-order valence-electron chi connectivity index (χ2n) is 3.83. The molecule has 1 heterocycles. The fourth-order valence-corrected chi connectivity index (χ4v) is 1.54. The highest BCUT2D eigenvalue weighted by molar-refractivity contribution is 5.15. The van der Waals surface area contributed by atoms with E-state index in [1.54, 1.807) is 18.3 Å². The van der Waals surface area contributed by atoms with Crippen molar-refractivity contribution in [1.29, 1.82) is 0 Å². The Labute approximate surface area is 99.7 Å². The maximum atomic E-state index is 12.7. The van der Waals surface area contributed by atoms with Gasteiger partial charge in [-0.3, -0.25) is 0 Å².